The Labute approximate surface area is 223 Å². The lowest BCUT2D eigenvalue weighted by Crippen LogP contribution is -2.41. The first kappa shape index (κ1) is 29.1. The van der Waals surface area contributed by atoms with Gasteiger partial charge in [0, 0.05) is 52.9 Å². The minimum absolute atomic E-state index is 0.247. The van der Waals surface area contributed by atoms with Crippen LogP contribution in [0.4, 0.5) is 4.39 Å². The number of ketones is 1. The normalized spacial score (nSPS) is 14.3. The SMILES string of the molecule is CC[S+]([O-])Cc1ccc(C(=O)c2ccc(F)cc2)c(-c2cn(C)c(=O)cc2[C@H](C)N[S@@+]([O-])C(C)(C)C)c1. The molecule has 0 radical (unpaired) electrons. The van der Waals surface area contributed by atoms with Gasteiger partial charge in [-0.2, -0.15) is 0 Å². The maximum absolute atomic E-state index is 13.6. The van der Waals surface area contributed by atoms with Crippen molar-refractivity contribution in [3.8, 4) is 11.1 Å². The van der Waals surface area contributed by atoms with Gasteiger partial charge in [0.05, 0.1) is 6.04 Å². The third-order valence-corrected chi connectivity index (χ3v) is 8.92. The molecule has 2 aromatic carbocycles. The average molecular weight is 545 g/mol. The summed E-state index contributed by atoms with van der Waals surface area (Å²) in [6.07, 6.45) is 1.66. The van der Waals surface area contributed by atoms with Crippen LogP contribution in [0.15, 0.2) is 59.5 Å². The lowest BCUT2D eigenvalue weighted by Gasteiger charge is -2.27. The molecule has 1 heterocycles. The maximum Gasteiger partial charge on any atom is 0.250 e. The van der Waals surface area contributed by atoms with E-state index in [0.717, 1.165) is 5.56 Å². The molecule has 0 aliphatic carbocycles. The molecule has 1 aromatic heterocycles. The molecule has 3 rings (SSSR count). The average Bonchev–Trinajstić information content (AvgIpc) is 2.84. The van der Waals surface area contributed by atoms with E-state index in [1.807, 2.05) is 40.7 Å². The van der Waals surface area contributed by atoms with Crippen LogP contribution in [0.3, 0.4) is 0 Å². The Morgan fingerprint density at radius 3 is 2.32 bits per heavy atom. The number of halogens is 1. The monoisotopic (exact) mass is 544 g/mol. The number of nitrogens with one attached hydrogen (secondary N) is 1. The predicted octanol–water partition coefficient (Wildman–Crippen LogP) is 4.80. The van der Waals surface area contributed by atoms with Gasteiger partial charge in [-0.15, -0.1) is 4.72 Å². The molecule has 0 aliphatic heterocycles. The Hall–Kier alpha value is -2.43. The number of pyridine rings is 1. The van der Waals surface area contributed by atoms with Gasteiger partial charge < -0.3 is 13.7 Å². The summed E-state index contributed by atoms with van der Waals surface area (Å²) in [4.78, 5) is 26.2. The maximum atomic E-state index is 13.6. The molecule has 0 aliphatic rings. The van der Waals surface area contributed by atoms with Gasteiger partial charge in [-0.3, -0.25) is 9.59 Å². The molecule has 198 valence electrons. The fraction of sp³-hybridized carbons (Fsp3) is 0.357. The zero-order valence-electron chi connectivity index (χ0n) is 22.0. The number of aromatic nitrogens is 1. The summed E-state index contributed by atoms with van der Waals surface area (Å²) in [6.45, 7) is 9.22. The van der Waals surface area contributed by atoms with Crippen LogP contribution in [0.1, 0.15) is 67.7 Å². The van der Waals surface area contributed by atoms with E-state index in [4.69, 9.17) is 0 Å². The van der Waals surface area contributed by atoms with Crippen molar-refractivity contribution >= 4 is 28.3 Å². The van der Waals surface area contributed by atoms with Crippen molar-refractivity contribution < 1.29 is 18.3 Å². The number of carbonyl (C=O) groups is 1. The van der Waals surface area contributed by atoms with Crippen LogP contribution in [0.5, 0.6) is 0 Å². The third-order valence-electron chi connectivity index (χ3n) is 5.94. The fourth-order valence-electron chi connectivity index (χ4n) is 3.78. The van der Waals surface area contributed by atoms with E-state index in [1.165, 1.54) is 34.9 Å². The van der Waals surface area contributed by atoms with Crippen LogP contribution in [0, 0.1) is 5.82 Å². The number of nitrogens with zero attached hydrogens (tertiary/aromatic N) is 1. The summed E-state index contributed by atoms with van der Waals surface area (Å²) < 4.78 is 42.6. The van der Waals surface area contributed by atoms with E-state index in [9.17, 15) is 23.1 Å². The third kappa shape index (κ3) is 7.12. The van der Waals surface area contributed by atoms with Gasteiger partial charge in [-0.05, 0) is 93.3 Å². The lowest BCUT2D eigenvalue weighted by molar-refractivity contribution is 0.103. The van der Waals surface area contributed by atoms with Crippen LogP contribution in [0.2, 0.25) is 0 Å². The summed E-state index contributed by atoms with van der Waals surface area (Å²) in [5.41, 5.74) is 2.97. The molecule has 1 unspecified atom stereocenters. The smallest absolute Gasteiger partial charge is 0.250 e. The van der Waals surface area contributed by atoms with Crippen LogP contribution in [0.25, 0.3) is 11.1 Å². The van der Waals surface area contributed by atoms with Gasteiger partial charge in [-0.1, -0.05) is 6.07 Å². The van der Waals surface area contributed by atoms with Gasteiger partial charge in [0.1, 0.15) is 22.1 Å². The van der Waals surface area contributed by atoms with E-state index in [1.54, 1.807) is 25.4 Å². The summed E-state index contributed by atoms with van der Waals surface area (Å²) >= 11 is -2.48. The van der Waals surface area contributed by atoms with E-state index >= 15 is 0 Å². The summed E-state index contributed by atoms with van der Waals surface area (Å²) in [5.74, 6) is 0.0615. The van der Waals surface area contributed by atoms with Gasteiger partial charge in [0.25, 0.3) is 5.56 Å². The Bertz CT molecular complexity index is 1320. The van der Waals surface area contributed by atoms with Crippen molar-refractivity contribution in [1.29, 1.82) is 0 Å². The number of carbonyl (C=O) groups excluding carboxylic acids is 1. The molecule has 3 aromatic rings. The Morgan fingerprint density at radius 1 is 1.08 bits per heavy atom. The van der Waals surface area contributed by atoms with Crippen LogP contribution in [-0.4, -0.2) is 30.0 Å². The molecule has 0 spiro atoms. The van der Waals surface area contributed by atoms with Gasteiger partial charge in [0.2, 0.25) is 0 Å². The molecule has 37 heavy (non-hydrogen) atoms. The first-order valence-electron chi connectivity index (χ1n) is 12.0. The zero-order valence-corrected chi connectivity index (χ0v) is 23.6. The molecule has 0 amide bonds. The van der Waals surface area contributed by atoms with Crippen molar-refractivity contribution in [2.24, 2.45) is 7.05 Å². The molecular weight excluding hydrogens is 511 g/mol. The number of rotatable bonds is 9. The molecule has 0 saturated heterocycles. The van der Waals surface area contributed by atoms with E-state index in [0.29, 0.717) is 39.3 Å². The summed E-state index contributed by atoms with van der Waals surface area (Å²) in [5, 5.41) is 0. The second kappa shape index (κ2) is 12.0. The van der Waals surface area contributed by atoms with Crippen molar-refractivity contribution in [2.75, 3.05) is 5.75 Å². The first-order valence-corrected chi connectivity index (χ1v) is 14.6. The second-order valence-electron chi connectivity index (χ2n) is 9.90. The highest BCUT2D eigenvalue weighted by Crippen LogP contribution is 2.33. The highest BCUT2D eigenvalue weighted by molar-refractivity contribution is 7.91. The predicted molar refractivity (Wildman–Crippen MR) is 149 cm³/mol. The molecule has 6 nitrogen and oxygen atoms in total. The highest BCUT2D eigenvalue weighted by atomic mass is 32.2. The van der Waals surface area contributed by atoms with Crippen LogP contribution < -0.4 is 10.3 Å². The van der Waals surface area contributed by atoms with Gasteiger partial charge in [-0.25, -0.2) is 4.39 Å². The lowest BCUT2D eigenvalue weighted by atomic mass is 9.89. The van der Waals surface area contributed by atoms with Gasteiger partial charge in [0.15, 0.2) is 5.78 Å². The standard InChI is InChI=1S/C28H33FN2O4S2/c1-7-36(34)17-19-8-13-22(27(33)20-9-11-21(29)12-10-20)24(14-19)25-16-31(6)26(32)15-23(25)18(2)30-37(35)28(3,4)5/h8-16,18,30H,7,17H2,1-6H3/t18-,36?,37-/m0/s1. The Morgan fingerprint density at radius 2 is 1.73 bits per heavy atom. The fourth-order valence-corrected chi connectivity index (χ4v) is 5.33. The van der Waals surface area contributed by atoms with E-state index in [-0.39, 0.29) is 11.3 Å². The molecule has 0 fully saturated rings. The topological polar surface area (TPSA) is 97.2 Å². The van der Waals surface area contributed by atoms with E-state index < -0.39 is 39.1 Å². The molecule has 3 atom stereocenters. The minimum atomic E-state index is -1.41. The summed E-state index contributed by atoms with van der Waals surface area (Å²) in [6, 6.07) is 11.6. The largest absolute Gasteiger partial charge is 0.616 e. The van der Waals surface area contributed by atoms with Crippen molar-refractivity contribution in [1.82, 2.24) is 9.29 Å². The van der Waals surface area contributed by atoms with Crippen molar-refractivity contribution in [3.05, 3.63) is 93.2 Å². The summed E-state index contributed by atoms with van der Waals surface area (Å²) in [7, 11) is 1.62. The molecule has 0 bridgehead atoms. The quantitative estimate of drug-likeness (QED) is 0.308. The molecule has 9 heteroatoms. The number of hydrogen-bond acceptors (Lipinski definition) is 5. The minimum Gasteiger partial charge on any atom is -0.616 e. The van der Waals surface area contributed by atoms with Crippen LogP contribution >= 0.6 is 0 Å². The second-order valence-corrected chi connectivity index (χ2v) is 13.6. The van der Waals surface area contributed by atoms with E-state index in [2.05, 4.69) is 4.72 Å². The molecule has 1 N–H and O–H groups in total. The van der Waals surface area contributed by atoms with Crippen LogP contribution in [-0.2, 0) is 35.3 Å². The molecule has 0 saturated carbocycles. The Balaban J connectivity index is 2.22. The Kier molecular flexibility index (Phi) is 9.42. The van der Waals surface area contributed by atoms with Crippen molar-refractivity contribution in [3.63, 3.8) is 0 Å². The number of hydrogen-bond donors (Lipinski definition) is 1. The highest BCUT2D eigenvalue weighted by Gasteiger charge is 2.30. The first-order chi connectivity index (χ1) is 17.3. The van der Waals surface area contributed by atoms with Gasteiger partial charge >= 0.3 is 0 Å². The number of benzene rings is 2. The molecular formula is C28H33FN2O4S2. The van der Waals surface area contributed by atoms with Crippen molar-refractivity contribution in [2.45, 2.75) is 51.2 Å². The zero-order chi connectivity index (χ0) is 27.5. The number of aryl methyl sites for hydroxylation is 1.